The molecule has 0 atom stereocenters. The highest BCUT2D eigenvalue weighted by Crippen LogP contribution is 2.31. The second-order valence-corrected chi connectivity index (χ2v) is 7.85. The zero-order chi connectivity index (χ0) is 21.1. The summed E-state index contributed by atoms with van der Waals surface area (Å²) in [7, 11) is 0. The lowest BCUT2D eigenvalue weighted by Gasteiger charge is -2.35. The van der Waals surface area contributed by atoms with Gasteiger partial charge in [0.1, 0.15) is 11.6 Å². The molecule has 0 unspecified atom stereocenters. The van der Waals surface area contributed by atoms with Crippen LogP contribution in [0.2, 0.25) is 0 Å². The van der Waals surface area contributed by atoms with E-state index in [-0.39, 0.29) is 11.8 Å². The van der Waals surface area contributed by atoms with Gasteiger partial charge in [0.05, 0.1) is 17.7 Å². The van der Waals surface area contributed by atoms with Gasteiger partial charge < -0.3 is 19.6 Å². The number of rotatable bonds is 4. The lowest BCUT2D eigenvalue weighted by molar-refractivity contribution is 0.0901. The highest BCUT2D eigenvalue weighted by molar-refractivity contribution is 5.91. The second kappa shape index (κ2) is 8.57. The summed E-state index contributed by atoms with van der Waals surface area (Å²) < 4.78 is 5.36. The third-order valence-electron chi connectivity index (χ3n) is 5.11. The van der Waals surface area contributed by atoms with Crippen molar-refractivity contribution < 1.29 is 14.6 Å². The Morgan fingerprint density at radius 3 is 2.47 bits per heavy atom. The van der Waals surface area contributed by atoms with Crippen LogP contribution in [0.25, 0.3) is 22.3 Å². The Morgan fingerprint density at radius 2 is 1.73 bits per heavy atom. The molecule has 0 spiro atoms. The minimum absolute atomic E-state index is 0.149. The summed E-state index contributed by atoms with van der Waals surface area (Å²) >= 11 is 0. The van der Waals surface area contributed by atoms with E-state index in [9.17, 15) is 9.90 Å². The summed E-state index contributed by atoms with van der Waals surface area (Å²) in [5.74, 6) is 1.77. The molecule has 1 N–H and O–H groups in total. The maximum atomic E-state index is 12.3. The van der Waals surface area contributed by atoms with Crippen molar-refractivity contribution in [1.82, 2.24) is 14.9 Å². The number of benzene rings is 2. The molecule has 1 aliphatic rings. The van der Waals surface area contributed by atoms with E-state index in [1.165, 1.54) is 0 Å². The predicted octanol–water partition coefficient (Wildman–Crippen LogP) is 3.92. The summed E-state index contributed by atoms with van der Waals surface area (Å²) in [5, 5.41) is 11.2. The van der Waals surface area contributed by atoms with Gasteiger partial charge in [0.25, 0.3) is 0 Å². The smallest absolute Gasteiger partial charge is 0.409 e. The van der Waals surface area contributed by atoms with Gasteiger partial charge in [-0.3, -0.25) is 0 Å². The number of phenols is 1. The Kier molecular flexibility index (Phi) is 5.70. The molecule has 1 aromatic heterocycles. The Bertz CT molecular complexity index is 1050. The molecular weight excluding hydrogens is 380 g/mol. The number of nitrogens with zero attached hydrogens (tertiary/aromatic N) is 4. The predicted molar refractivity (Wildman–Crippen MR) is 117 cm³/mol. The molecule has 1 saturated heterocycles. The van der Waals surface area contributed by atoms with E-state index in [2.05, 4.69) is 9.88 Å². The Labute approximate surface area is 175 Å². The number of carbonyl (C=O) groups is 1. The maximum Gasteiger partial charge on any atom is 0.409 e. The Morgan fingerprint density at radius 1 is 1.03 bits per heavy atom. The zero-order valence-corrected chi connectivity index (χ0v) is 17.3. The molecule has 0 saturated carbocycles. The summed E-state index contributed by atoms with van der Waals surface area (Å²) in [6, 6.07) is 14.9. The molecule has 3 aromatic rings. The van der Waals surface area contributed by atoms with Gasteiger partial charge in [-0.1, -0.05) is 38.1 Å². The van der Waals surface area contributed by atoms with Crippen LogP contribution in [0.4, 0.5) is 10.6 Å². The summed E-state index contributed by atoms with van der Waals surface area (Å²) in [4.78, 5) is 25.6. The topological polar surface area (TPSA) is 78.8 Å². The van der Waals surface area contributed by atoms with Crippen molar-refractivity contribution in [2.45, 2.75) is 13.8 Å². The maximum absolute atomic E-state index is 12.3. The average molecular weight is 406 g/mol. The van der Waals surface area contributed by atoms with Crippen molar-refractivity contribution in [3.8, 4) is 17.1 Å². The molecule has 1 fully saturated rings. The van der Waals surface area contributed by atoms with E-state index >= 15 is 0 Å². The third-order valence-corrected chi connectivity index (χ3v) is 5.11. The minimum Gasteiger partial charge on any atom is -0.507 e. The van der Waals surface area contributed by atoms with Crippen molar-refractivity contribution in [1.29, 1.82) is 0 Å². The van der Waals surface area contributed by atoms with Gasteiger partial charge in [-0.2, -0.15) is 0 Å². The van der Waals surface area contributed by atoms with E-state index in [1.807, 2.05) is 50.2 Å². The molecule has 7 nitrogen and oxygen atoms in total. The van der Waals surface area contributed by atoms with Crippen LogP contribution in [0.1, 0.15) is 13.8 Å². The van der Waals surface area contributed by atoms with Crippen molar-refractivity contribution >= 4 is 22.8 Å². The Balaban J connectivity index is 1.60. The summed E-state index contributed by atoms with van der Waals surface area (Å²) in [5.41, 5.74) is 1.42. The molecule has 0 aliphatic carbocycles. The molecule has 2 aromatic carbocycles. The molecule has 0 radical (unpaired) electrons. The molecule has 2 heterocycles. The lowest BCUT2D eigenvalue weighted by atomic mass is 10.1. The lowest BCUT2D eigenvalue weighted by Crippen LogP contribution is -2.49. The number of anilines is 1. The number of ether oxygens (including phenoxy) is 1. The van der Waals surface area contributed by atoms with Crippen LogP contribution in [-0.4, -0.2) is 58.9 Å². The monoisotopic (exact) mass is 406 g/mol. The molecule has 0 bridgehead atoms. The molecule has 4 rings (SSSR count). The van der Waals surface area contributed by atoms with Crippen LogP contribution < -0.4 is 4.90 Å². The zero-order valence-electron chi connectivity index (χ0n) is 17.3. The van der Waals surface area contributed by atoms with Gasteiger partial charge in [0, 0.05) is 31.6 Å². The summed E-state index contributed by atoms with van der Waals surface area (Å²) in [6.45, 7) is 6.92. The van der Waals surface area contributed by atoms with E-state index < -0.39 is 0 Å². The number of hydrogen-bond donors (Lipinski definition) is 1. The number of para-hydroxylation sites is 2. The van der Waals surface area contributed by atoms with Crippen LogP contribution in [0.3, 0.4) is 0 Å². The number of phenolic OH excluding ortho intramolecular Hbond substituents is 1. The fraction of sp³-hybridized carbons (Fsp3) is 0.348. The normalized spacial score (nSPS) is 14.4. The van der Waals surface area contributed by atoms with Crippen molar-refractivity contribution in [2.75, 3.05) is 37.7 Å². The van der Waals surface area contributed by atoms with Gasteiger partial charge in [0.15, 0.2) is 5.82 Å². The van der Waals surface area contributed by atoms with Crippen molar-refractivity contribution in [2.24, 2.45) is 5.92 Å². The van der Waals surface area contributed by atoms with Gasteiger partial charge in [0.2, 0.25) is 0 Å². The van der Waals surface area contributed by atoms with Crippen LogP contribution in [0.15, 0.2) is 48.5 Å². The first-order valence-electron chi connectivity index (χ1n) is 10.2. The average Bonchev–Trinajstić information content (AvgIpc) is 2.77. The number of hydrogen-bond acceptors (Lipinski definition) is 6. The third kappa shape index (κ3) is 4.15. The molecule has 1 amide bonds. The molecule has 156 valence electrons. The van der Waals surface area contributed by atoms with Crippen LogP contribution >= 0.6 is 0 Å². The van der Waals surface area contributed by atoms with Crippen LogP contribution in [-0.2, 0) is 4.74 Å². The number of piperazine rings is 1. The van der Waals surface area contributed by atoms with Crippen molar-refractivity contribution in [3.05, 3.63) is 48.5 Å². The largest absolute Gasteiger partial charge is 0.507 e. The van der Waals surface area contributed by atoms with Gasteiger partial charge >= 0.3 is 6.09 Å². The molecule has 1 aliphatic heterocycles. The minimum atomic E-state index is -0.259. The first-order valence-corrected chi connectivity index (χ1v) is 10.2. The number of fused-ring (bicyclic) bond motifs is 1. The number of aromatic nitrogens is 2. The standard InChI is InChI=1S/C23H26N4O3/c1-16(2)15-30-23(29)27-13-11-26(12-14-27)22-17-7-3-5-9-19(17)24-21(25-22)18-8-4-6-10-20(18)28/h3-10,16,28H,11-15H2,1-2H3. The van der Waals surface area contributed by atoms with E-state index in [0.29, 0.717) is 50.1 Å². The number of aromatic hydroxyl groups is 1. The van der Waals surface area contributed by atoms with Crippen LogP contribution in [0.5, 0.6) is 5.75 Å². The molecule has 30 heavy (non-hydrogen) atoms. The first-order chi connectivity index (χ1) is 14.5. The Hall–Kier alpha value is -3.35. The van der Waals surface area contributed by atoms with E-state index in [4.69, 9.17) is 9.72 Å². The molecule has 7 heteroatoms. The van der Waals surface area contributed by atoms with Gasteiger partial charge in [-0.05, 0) is 30.2 Å². The first kappa shape index (κ1) is 19.9. The fourth-order valence-electron chi connectivity index (χ4n) is 3.51. The highest BCUT2D eigenvalue weighted by atomic mass is 16.6. The van der Waals surface area contributed by atoms with E-state index in [0.717, 1.165) is 16.7 Å². The van der Waals surface area contributed by atoms with Gasteiger partial charge in [-0.15, -0.1) is 0 Å². The fourth-order valence-corrected chi connectivity index (χ4v) is 3.51. The quantitative estimate of drug-likeness (QED) is 0.708. The summed E-state index contributed by atoms with van der Waals surface area (Å²) in [6.07, 6.45) is -0.259. The second-order valence-electron chi connectivity index (χ2n) is 7.85. The number of carbonyl (C=O) groups excluding carboxylic acids is 1. The van der Waals surface area contributed by atoms with E-state index in [1.54, 1.807) is 17.0 Å². The molecular formula is C23H26N4O3. The van der Waals surface area contributed by atoms with Crippen LogP contribution in [0, 0.1) is 5.92 Å². The SMILES string of the molecule is CC(C)COC(=O)N1CCN(c2nc(-c3ccccc3O)nc3ccccc23)CC1. The van der Waals surface area contributed by atoms with Crippen molar-refractivity contribution in [3.63, 3.8) is 0 Å². The highest BCUT2D eigenvalue weighted by Gasteiger charge is 2.25. The van der Waals surface area contributed by atoms with Gasteiger partial charge in [-0.25, -0.2) is 14.8 Å². The number of amides is 1.